The zero-order valence-electron chi connectivity index (χ0n) is 15.7. The largest absolute Gasteiger partial charge is 0.492 e. The van der Waals surface area contributed by atoms with Crippen LogP contribution >= 0.6 is 0 Å². The van der Waals surface area contributed by atoms with E-state index in [0.717, 1.165) is 17.7 Å². The van der Waals surface area contributed by atoms with Crippen LogP contribution in [0.4, 0.5) is 22.0 Å². The van der Waals surface area contributed by atoms with E-state index >= 15 is 0 Å². The first-order valence-electron chi connectivity index (χ1n) is 9.26. The highest BCUT2D eigenvalue weighted by Crippen LogP contribution is 2.35. The zero-order valence-corrected chi connectivity index (χ0v) is 15.7. The molecule has 0 saturated heterocycles. The standard InChI is InChI=1S/C22H17F5N2O/c23-18-2-1-7-28-20(18)13-29-8-9-30-21-6-3-14(10-15(21)12-29)17-5-4-16(11-19(17)24)22(25,26)27/h1-7,10-11H,8-9,12-13H2. The summed E-state index contributed by atoms with van der Waals surface area (Å²) in [6.45, 7) is 1.60. The van der Waals surface area contributed by atoms with Gasteiger partial charge in [-0.15, -0.1) is 0 Å². The van der Waals surface area contributed by atoms with Gasteiger partial charge in [0.2, 0.25) is 0 Å². The maximum atomic E-state index is 14.4. The van der Waals surface area contributed by atoms with Gasteiger partial charge in [0.15, 0.2) is 0 Å². The third-order valence-corrected chi connectivity index (χ3v) is 4.93. The number of ether oxygens (including phenoxy) is 1. The fourth-order valence-corrected chi connectivity index (χ4v) is 3.42. The number of aromatic nitrogens is 1. The smallest absolute Gasteiger partial charge is 0.416 e. The van der Waals surface area contributed by atoms with Gasteiger partial charge in [-0.2, -0.15) is 13.2 Å². The molecule has 30 heavy (non-hydrogen) atoms. The quantitative estimate of drug-likeness (QED) is 0.528. The van der Waals surface area contributed by atoms with E-state index in [0.29, 0.717) is 42.8 Å². The number of benzene rings is 2. The molecule has 0 aliphatic carbocycles. The Kier molecular flexibility index (Phi) is 5.42. The molecule has 4 rings (SSSR count). The molecule has 3 aromatic rings. The first kappa shape index (κ1) is 20.3. The van der Waals surface area contributed by atoms with Crippen molar-refractivity contribution in [3.8, 4) is 16.9 Å². The molecule has 0 fully saturated rings. The lowest BCUT2D eigenvalue weighted by atomic mass is 10.00. The third-order valence-electron chi connectivity index (χ3n) is 4.93. The summed E-state index contributed by atoms with van der Waals surface area (Å²) in [5, 5.41) is 0. The molecule has 2 aromatic carbocycles. The summed E-state index contributed by atoms with van der Waals surface area (Å²) in [6, 6.07) is 10.3. The molecule has 0 amide bonds. The third kappa shape index (κ3) is 4.28. The number of rotatable bonds is 3. The summed E-state index contributed by atoms with van der Waals surface area (Å²) in [6.07, 6.45) is -3.09. The lowest BCUT2D eigenvalue weighted by Crippen LogP contribution is -2.26. The van der Waals surface area contributed by atoms with E-state index in [1.165, 1.54) is 18.3 Å². The second-order valence-corrected chi connectivity index (χ2v) is 7.01. The molecule has 0 N–H and O–H groups in total. The van der Waals surface area contributed by atoms with Gasteiger partial charge in [-0.25, -0.2) is 8.78 Å². The molecular weight excluding hydrogens is 403 g/mol. The Labute approximate surface area is 169 Å². The highest BCUT2D eigenvalue weighted by molar-refractivity contribution is 5.67. The summed E-state index contributed by atoms with van der Waals surface area (Å²) in [5.41, 5.74) is 0.517. The van der Waals surface area contributed by atoms with Crippen LogP contribution in [-0.4, -0.2) is 23.0 Å². The van der Waals surface area contributed by atoms with E-state index in [2.05, 4.69) is 4.98 Å². The first-order chi connectivity index (χ1) is 14.3. The number of nitrogens with zero attached hydrogens (tertiary/aromatic N) is 2. The van der Waals surface area contributed by atoms with Crippen molar-refractivity contribution < 1.29 is 26.7 Å². The van der Waals surface area contributed by atoms with Crippen LogP contribution in [-0.2, 0) is 19.3 Å². The molecule has 2 heterocycles. The van der Waals surface area contributed by atoms with Crippen molar-refractivity contribution >= 4 is 0 Å². The molecule has 3 nitrogen and oxygen atoms in total. The van der Waals surface area contributed by atoms with E-state index in [9.17, 15) is 22.0 Å². The summed E-state index contributed by atoms with van der Waals surface area (Å²) >= 11 is 0. The molecule has 0 unspecified atom stereocenters. The van der Waals surface area contributed by atoms with Gasteiger partial charge in [0.25, 0.3) is 0 Å². The highest BCUT2D eigenvalue weighted by atomic mass is 19.4. The lowest BCUT2D eigenvalue weighted by molar-refractivity contribution is -0.137. The van der Waals surface area contributed by atoms with Crippen LogP contribution in [0.15, 0.2) is 54.7 Å². The number of fused-ring (bicyclic) bond motifs is 1. The van der Waals surface area contributed by atoms with Gasteiger partial charge in [-0.3, -0.25) is 9.88 Å². The number of halogens is 5. The minimum Gasteiger partial charge on any atom is -0.492 e. The Morgan fingerprint density at radius 3 is 2.57 bits per heavy atom. The highest BCUT2D eigenvalue weighted by Gasteiger charge is 2.31. The fourth-order valence-electron chi connectivity index (χ4n) is 3.42. The Morgan fingerprint density at radius 2 is 1.83 bits per heavy atom. The molecule has 0 atom stereocenters. The summed E-state index contributed by atoms with van der Waals surface area (Å²) in [4.78, 5) is 6.01. The van der Waals surface area contributed by atoms with Crippen molar-refractivity contribution in [3.63, 3.8) is 0 Å². The zero-order chi connectivity index (χ0) is 21.3. The Morgan fingerprint density at radius 1 is 1.00 bits per heavy atom. The van der Waals surface area contributed by atoms with Crippen molar-refractivity contribution in [3.05, 3.63) is 83.2 Å². The van der Waals surface area contributed by atoms with Crippen LogP contribution in [0.25, 0.3) is 11.1 Å². The van der Waals surface area contributed by atoms with Crippen molar-refractivity contribution in [2.24, 2.45) is 0 Å². The molecular formula is C22H17F5N2O. The summed E-state index contributed by atoms with van der Waals surface area (Å²) in [5.74, 6) is -0.745. The van der Waals surface area contributed by atoms with E-state index < -0.39 is 23.4 Å². The van der Waals surface area contributed by atoms with Crippen molar-refractivity contribution in [1.82, 2.24) is 9.88 Å². The van der Waals surface area contributed by atoms with Gasteiger partial charge in [0, 0.05) is 37.0 Å². The van der Waals surface area contributed by atoms with Crippen LogP contribution in [0.5, 0.6) is 5.75 Å². The molecule has 1 aliphatic rings. The Bertz CT molecular complexity index is 1070. The van der Waals surface area contributed by atoms with Crippen molar-refractivity contribution in [2.45, 2.75) is 19.3 Å². The van der Waals surface area contributed by atoms with Gasteiger partial charge in [-0.1, -0.05) is 12.1 Å². The van der Waals surface area contributed by atoms with E-state index in [1.54, 1.807) is 18.2 Å². The van der Waals surface area contributed by atoms with Gasteiger partial charge in [0.05, 0.1) is 11.3 Å². The molecule has 0 bridgehead atoms. The van der Waals surface area contributed by atoms with Gasteiger partial charge >= 0.3 is 6.18 Å². The molecule has 1 aliphatic heterocycles. The van der Waals surface area contributed by atoms with Crippen molar-refractivity contribution in [1.29, 1.82) is 0 Å². The van der Waals surface area contributed by atoms with Crippen LogP contribution in [0.3, 0.4) is 0 Å². The SMILES string of the molecule is Fc1cc(C(F)(F)F)ccc1-c1ccc2c(c1)CN(Cc1ncccc1F)CCO2. The average Bonchev–Trinajstić information content (AvgIpc) is 2.90. The maximum Gasteiger partial charge on any atom is 0.416 e. The van der Waals surface area contributed by atoms with E-state index in [4.69, 9.17) is 4.74 Å². The number of alkyl halides is 3. The topological polar surface area (TPSA) is 25.4 Å². The van der Waals surface area contributed by atoms with Crippen LogP contribution in [0, 0.1) is 11.6 Å². The minimum atomic E-state index is -4.61. The summed E-state index contributed by atoms with van der Waals surface area (Å²) < 4.78 is 72.5. The number of hydrogen-bond acceptors (Lipinski definition) is 3. The monoisotopic (exact) mass is 420 g/mol. The van der Waals surface area contributed by atoms with Gasteiger partial charge < -0.3 is 4.74 Å². The van der Waals surface area contributed by atoms with Gasteiger partial charge in [0.1, 0.15) is 24.0 Å². The molecule has 0 saturated carbocycles. The van der Waals surface area contributed by atoms with Crippen LogP contribution in [0.1, 0.15) is 16.8 Å². The predicted molar refractivity (Wildman–Crippen MR) is 101 cm³/mol. The normalized spacial score (nSPS) is 14.7. The Balaban J connectivity index is 1.62. The predicted octanol–water partition coefficient (Wildman–Crippen LogP) is 5.44. The molecule has 1 aromatic heterocycles. The van der Waals surface area contributed by atoms with Crippen molar-refractivity contribution in [2.75, 3.05) is 13.2 Å². The summed E-state index contributed by atoms with van der Waals surface area (Å²) in [7, 11) is 0. The Hall–Kier alpha value is -3.00. The second kappa shape index (κ2) is 8.02. The van der Waals surface area contributed by atoms with E-state index in [-0.39, 0.29) is 12.1 Å². The molecule has 0 spiro atoms. The average molecular weight is 420 g/mol. The van der Waals surface area contributed by atoms with Gasteiger partial charge in [-0.05, 0) is 42.0 Å². The fraction of sp³-hybridized carbons (Fsp3) is 0.227. The maximum absolute atomic E-state index is 14.4. The molecule has 8 heteroatoms. The molecule has 156 valence electrons. The first-order valence-corrected chi connectivity index (χ1v) is 9.26. The minimum absolute atomic E-state index is 0.0670. The number of hydrogen-bond donors (Lipinski definition) is 0. The van der Waals surface area contributed by atoms with Crippen LogP contribution < -0.4 is 4.74 Å². The van der Waals surface area contributed by atoms with E-state index in [1.807, 2.05) is 4.90 Å². The van der Waals surface area contributed by atoms with Crippen LogP contribution in [0.2, 0.25) is 0 Å². The molecule has 0 radical (unpaired) electrons. The second-order valence-electron chi connectivity index (χ2n) is 7.01. The number of pyridine rings is 1. The lowest BCUT2D eigenvalue weighted by Gasteiger charge is -2.19.